The SMILES string of the molecule is NCC(=O)NC(CN)C(=O)O. The van der Waals surface area contributed by atoms with Gasteiger partial charge in [0.15, 0.2) is 0 Å². The fraction of sp³-hybridized carbons (Fsp3) is 0.600. The molecule has 0 fully saturated rings. The third-order valence-electron chi connectivity index (χ3n) is 1.05. The molecule has 0 rings (SSSR count). The minimum atomic E-state index is -1.16. The quantitative estimate of drug-likeness (QED) is 0.362. The fourth-order valence-corrected chi connectivity index (χ4v) is 0.475. The van der Waals surface area contributed by atoms with E-state index in [0.29, 0.717) is 0 Å². The minimum absolute atomic E-state index is 0.138. The van der Waals surface area contributed by atoms with Gasteiger partial charge >= 0.3 is 5.97 Å². The zero-order chi connectivity index (χ0) is 8.85. The number of carboxylic acid groups (broad SMARTS) is 1. The molecule has 0 saturated heterocycles. The molecule has 0 spiro atoms. The summed E-state index contributed by atoms with van der Waals surface area (Å²) in [5.41, 5.74) is 9.97. The van der Waals surface area contributed by atoms with Crippen LogP contribution in [0.4, 0.5) is 0 Å². The number of carbonyl (C=O) groups is 2. The van der Waals surface area contributed by atoms with Crippen molar-refractivity contribution in [1.82, 2.24) is 5.32 Å². The second-order valence-electron chi connectivity index (χ2n) is 1.90. The molecule has 1 atom stereocenters. The van der Waals surface area contributed by atoms with E-state index < -0.39 is 17.9 Å². The predicted molar refractivity (Wildman–Crippen MR) is 37.7 cm³/mol. The number of aliphatic carboxylic acids is 1. The number of nitrogens with two attached hydrogens (primary N) is 2. The van der Waals surface area contributed by atoms with Gasteiger partial charge in [-0.15, -0.1) is 0 Å². The third kappa shape index (κ3) is 3.54. The van der Waals surface area contributed by atoms with Crippen molar-refractivity contribution in [3.8, 4) is 0 Å². The summed E-state index contributed by atoms with van der Waals surface area (Å²) in [5, 5.41) is 10.5. The zero-order valence-corrected chi connectivity index (χ0v) is 5.91. The van der Waals surface area contributed by atoms with E-state index in [0.717, 1.165) is 0 Å². The summed E-state index contributed by atoms with van der Waals surface area (Å²) in [6.07, 6.45) is 0. The van der Waals surface area contributed by atoms with Crippen LogP contribution in [0.5, 0.6) is 0 Å². The highest BCUT2D eigenvalue weighted by Gasteiger charge is 2.16. The van der Waals surface area contributed by atoms with Gasteiger partial charge in [0.05, 0.1) is 6.54 Å². The van der Waals surface area contributed by atoms with Gasteiger partial charge in [-0.1, -0.05) is 0 Å². The van der Waals surface area contributed by atoms with Gasteiger partial charge in [0, 0.05) is 6.54 Å². The first-order valence-corrected chi connectivity index (χ1v) is 3.04. The van der Waals surface area contributed by atoms with Gasteiger partial charge in [0.1, 0.15) is 6.04 Å². The molecule has 6 N–H and O–H groups in total. The first kappa shape index (κ1) is 9.86. The maximum absolute atomic E-state index is 10.5. The van der Waals surface area contributed by atoms with E-state index >= 15 is 0 Å². The van der Waals surface area contributed by atoms with E-state index in [-0.39, 0.29) is 13.1 Å². The lowest BCUT2D eigenvalue weighted by Gasteiger charge is -2.10. The number of carbonyl (C=O) groups excluding carboxylic acids is 1. The first-order chi connectivity index (χ1) is 5.11. The Balaban J connectivity index is 3.88. The Morgan fingerprint density at radius 1 is 1.45 bits per heavy atom. The van der Waals surface area contributed by atoms with E-state index in [4.69, 9.17) is 16.6 Å². The molecule has 0 saturated carbocycles. The molecule has 0 radical (unpaired) electrons. The summed E-state index contributed by atoms with van der Waals surface area (Å²) in [7, 11) is 0. The Bertz CT molecular complexity index is 159. The highest BCUT2D eigenvalue weighted by molar-refractivity contribution is 5.84. The molecule has 1 amide bonds. The first-order valence-electron chi connectivity index (χ1n) is 3.04. The van der Waals surface area contributed by atoms with Crippen LogP contribution in [-0.4, -0.2) is 36.1 Å². The van der Waals surface area contributed by atoms with Crippen LogP contribution in [0, 0.1) is 0 Å². The summed E-state index contributed by atoms with van der Waals surface area (Å²) in [6, 6.07) is -1.04. The van der Waals surface area contributed by atoms with Crippen molar-refractivity contribution in [3.05, 3.63) is 0 Å². The summed E-state index contributed by atoms with van der Waals surface area (Å²) < 4.78 is 0. The molecule has 1 unspecified atom stereocenters. The highest BCUT2D eigenvalue weighted by atomic mass is 16.4. The van der Waals surface area contributed by atoms with Crippen LogP contribution in [0.3, 0.4) is 0 Å². The van der Waals surface area contributed by atoms with Crippen LogP contribution in [-0.2, 0) is 9.59 Å². The molecule has 11 heavy (non-hydrogen) atoms. The van der Waals surface area contributed by atoms with Crippen LogP contribution < -0.4 is 16.8 Å². The molecule has 0 aliphatic rings. The third-order valence-corrected chi connectivity index (χ3v) is 1.05. The van der Waals surface area contributed by atoms with Crippen molar-refractivity contribution in [2.75, 3.05) is 13.1 Å². The number of nitrogens with one attached hydrogen (secondary N) is 1. The van der Waals surface area contributed by atoms with Crippen molar-refractivity contribution < 1.29 is 14.7 Å². The molecular formula is C5H11N3O3. The second kappa shape index (κ2) is 4.64. The molecule has 0 aliphatic carbocycles. The molecule has 0 bridgehead atoms. The van der Waals surface area contributed by atoms with Gasteiger partial charge < -0.3 is 21.9 Å². The van der Waals surface area contributed by atoms with Crippen molar-refractivity contribution in [2.45, 2.75) is 6.04 Å². The lowest BCUT2D eigenvalue weighted by Crippen LogP contribution is -2.47. The van der Waals surface area contributed by atoms with E-state index in [1.54, 1.807) is 0 Å². The van der Waals surface area contributed by atoms with Crippen molar-refractivity contribution in [3.63, 3.8) is 0 Å². The van der Waals surface area contributed by atoms with Crippen LogP contribution in [0.1, 0.15) is 0 Å². The molecule has 0 heterocycles. The molecule has 6 nitrogen and oxygen atoms in total. The monoisotopic (exact) mass is 161 g/mol. The van der Waals surface area contributed by atoms with Crippen LogP contribution in [0.25, 0.3) is 0 Å². The van der Waals surface area contributed by atoms with Gasteiger partial charge in [-0.25, -0.2) is 4.79 Å². The van der Waals surface area contributed by atoms with E-state index in [1.807, 2.05) is 0 Å². The lowest BCUT2D eigenvalue weighted by molar-refractivity contribution is -0.141. The number of amides is 1. The van der Waals surface area contributed by atoms with E-state index in [2.05, 4.69) is 5.32 Å². The average molecular weight is 161 g/mol. The molecule has 0 aromatic heterocycles. The average Bonchev–Trinajstić information content (AvgIpc) is 1.99. The minimum Gasteiger partial charge on any atom is -0.480 e. The van der Waals surface area contributed by atoms with Gasteiger partial charge in [0.2, 0.25) is 5.91 Å². The van der Waals surface area contributed by atoms with Gasteiger partial charge in [-0.05, 0) is 0 Å². The number of rotatable bonds is 4. The van der Waals surface area contributed by atoms with Crippen molar-refractivity contribution in [2.24, 2.45) is 11.5 Å². The molecular weight excluding hydrogens is 150 g/mol. The smallest absolute Gasteiger partial charge is 0.327 e. The van der Waals surface area contributed by atoms with Crippen LogP contribution in [0.15, 0.2) is 0 Å². The largest absolute Gasteiger partial charge is 0.480 e. The summed E-state index contributed by atoms with van der Waals surface area (Å²) >= 11 is 0. The normalized spacial score (nSPS) is 12.2. The summed E-state index contributed by atoms with van der Waals surface area (Å²) in [6.45, 7) is -0.370. The maximum atomic E-state index is 10.5. The van der Waals surface area contributed by atoms with Gasteiger partial charge in [-0.3, -0.25) is 4.79 Å². The Labute approximate surface area is 63.5 Å². The Kier molecular flexibility index (Phi) is 4.16. The number of hydrogen-bond donors (Lipinski definition) is 4. The van der Waals surface area contributed by atoms with Crippen LogP contribution in [0.2, 0.25) is 0 Å². The molecule has 0 aromatic rings. The highest BCUT2D eigenvalue weighted by Crippen LogP contribution is 1.78. The molecule has 0 aliphatic heterocycles. The standard InChI is InChI=1S/C5H11N3O3/c6-1-3(5(10)11)8-4(9)2-7/h3H,1-2,6-7H2,(H,8,9)(H,10,11). The summed E-state index contributed by atoms with van der Waals surface area (Å²) in [4.78, 5) is 20.8. The molecule has 0 aromatic carbocycles. The fourth-order valence-electron chi connectivity index (χ4n) is 0.475. The lowest BCUT2D eigenvalue weighted by atomic mass is 10.3. The predicted octanol–water partition coefficient (Wildman–Crippen LogP) is -2.53. The molecule has 64 valence electrons. The van der Waals surface area contributed by atoms with Crippen molar-refractivity contribution >= 4 is 11.9 Å². The number of carboxylic acids is 1. The Morgan fingerprint density at radius 2 is 2.00 bits per heavy atom. The summed E-state index contributed by atoms with van der Waals surface area (Å²) in [5.74, 6) is -1.68. The van der Waals surface area contributed by atoms with Crippen molar-refractivity contribution in [1.29, 1.82) is 0 Å². The van der Waals surface area contributed by atoms with Gasteiger partial charge in [-0.2, -0.15) is 0 Å². The van der Waals surface area contributed by atoms with Crippen LogP contribution >= 0.6 is 0 Å². The Hall–Kier alpha value is -1.14. The van der Waals surface area contributed by atoms with E-state index in [1.165, 1.54) is 0 Å². The zero-order valence-electron chi connectivity index (χ0n) is 5.91. The second-order valence-corrected chi connectivity index (χ2v) is 1.90. The van der Waals surface area contributed by atoms with Gasteiger partial charge in [0.25, 0.3) is 0 Å². The van der Waals surface area contributed by atoms with E-state index in [9.17, 15) is 9.59 Å². The number of hydrogen-bond acceptors (Lipinski definition) is 4. The molecule has 6 heteroatoms. The Morgan fingerprint density at radius 3 is 2.27 bits per heavy atom. The maximum Gasteiger partial charge on any atom is 0.327 e. The topological polar surface area (TPSA) is 118 Å².